The number of nitrogens with one attached hydrogen (secondary N) is 1. The van der Waals surface area contributed by atoms with E-state index < -0.39 is 0 Å². The molecule has 0 spiro atoms. The summed E-state index contributed by atoms with van der Waals surface area (Å²) in [6, 6.07) is 8.90. The third-order valence-corrected chi connectivity index (χ3v) is 3.97. The summed E-state index contributed by atoms with van der Waals surface area (Å²) in [7, 11) is 0. The van der Waals surface area contributed by atoms with Crippen molar-refractivity contribution in [3.05, 3.63) is 46.4 Å². The smallest absolute Gasteiger partial charge is 0.224 e. The van der Waals surface area contributed by atoms with Crippen LogP contribution < -0.4 is 11.1 Å². The van der Waals surface area contributed by atoms with Crippen LogP contribution in [-0.4, -0.2) is 16.0 Å². The van der Waals surface area contributed by atoms with Gasteiger partial charge in [-0.3, -0.25) is 0 Å². The van der Waals surface area contributed by atoms with Crippen molar-refractivity contribution in [2.45, 2.75) is 32.2 Å². The number of benzene rings is 1. The second-order valence-corrected chi connectivity index (χ2v) is 5.53. The van der Waals surface area contributed by atoms with Crippen LogP contribution in [0.15, 0.2) is 24.3 Å². The van der Waals surface area contributed by atoms with Gasteiger partial charge in [-0.15, -0.1) is 0 Å². The highest BCUT2D eigenvalue weighted by atomic mass is 35.5. The number of aromatic nitrogens is 2. The molecular formula is C15H17ClN4. The molecule has 0 saturated heterocycles. The van der Waals surface area contributed by atoms with Gasteiger partial charge in [-0.05, 0) is 48.9 Å². The zero-order chi connectivity index (χ0) is 14.1. The second kappa shape index (κ2) is 5.29. The molecule has 20 heavy (non-hydrogen) atoms. The minimum atomic E-state index is 0.232. The summed E-state index contributed by atoms with van der Waals surface area (Å²) in [5.41, 5.74) is 10.1. The molecule has 1 aromatic carbocycles. The van der Waals surface area contributed by atoms with Crippen molar-refractivity contribution in [2.24, 2.45) is 0 Å². The fraction of sp³-hybridized carbons (Fsp3) is 0.333. The number of nitrogen functional groups attached to an aromatic ring is 1. The van der Waals surface area contributed by atoms with Crippen molar-refractivity contribution in [3.63, 3.8) is 0 Å². The number of anilines is 2. The van der Waals surface area contributed by atoms with Crippen LogP contribution in [0, 0.1) is 6.92 Å². The molecule has 3 rings (SSSR count). The molecule has 0 saturated carbocycles. The van der Waals surface area contributed by atoms with Gasteiger partial charge in [0.1, 0.15) is 0 Å². The predicted octanol–water partition coefficient (Wildman–Crippen LogP) is 2.99. The maximum absolute atomic E-state index is 6.02. The number of nitrogens with two attached hydrogens (primary N) is 1. The molecule has 2 aromatic rings. The van der Waals surface area contributed by atoms with Crippen LogP contribution in [0.1, 0.15) is 23.2 Å². The molecule has 1 atom stereocenters. The lowest BCUT2D eigenvalue weighted by atomic mass is 9.88. The highest BCUT2D eigenvalue weighted by molar-refractivity contribution is 6.28. The third-order valence-electron chi connectivity index (χ3n) is 3.80. The average Bonchev–Trinajstić information content (AvgIpc) is 2.44. The van der Waals surface area contributed by atoms with Crippen molar-refractivity contribution >= 4 is 23.1 Å². The van der Waals surface area contributed by atoms with Crippen LogP contribution in [0.5, 0.6) is 0 Å². The number of halogens is 1. The van der Waals surface area contributed by atoms with E-state index in [4.69, 9.17) is 17.3 Å². The molecule has 0 fully saturated rings. The monoisotopic (exact) mass is 288 g/mol. The molecule has 0 amide bonds. The number of hydrogen-bond acceptors (Lipinski definition) is 4. The van der Waals surface area contributed by atoms with E-state index in [1.807, 2.05) is 6.92 Å². The molecule has 4 nitrogen and oxygen atoms in total. The Hall–Kier alpha value is -1.81. The summed E-state index contributed by atoms with van der Waals surface area (Å²) < 4.78 is 0. The first-order valence-electron chi connectivity index (χ1n) is 6.76. The summed E-state index contributed by atoms with van der Waals surface area (Å²) >= 11 is 5.90. The van der Waals surface area contributed by atoms with E-state index in [0.717, 1.165) is 19.3 Å². The molecule has 104 valence electrons. The van der Waals surface area contributed by atoms with Gasteiger partial charge in [0.25, 0.3) is 0 Å². The normalized spacial score (nSPS) is 17.6. The lowest BCUT2D eigenvalue weighted by molar-refractivity contribution is 0.609. The topological polar surface area (TPSA) is 63.8 Å². The molecular weight excluding hydrogens is 272 g/mol. The Morgan fingerprint density at radius 1 is 1.25 bits per heavy atom. The van der Waals surface area contributed by atoms with E-state index in [0.29, 0.717) is 23.2 Å². The third kappa shape index (κ3) is 2.56. The van der Waals surface area contributed by atoms with Crippen LogP contribution in [0.2, 0.25) is 5.28 Å². The van der Waals surface area contributed by atoms with Gasteiger partial charge in [0, 0.05) is 6.04 Å². The van der Waals surface area contributed by atoms with Gasteiger partial charge in [-0.25, -0.2) is 4.98 Å². The van der Waals surface area contributed by atoms with Crippen LogP contribution in [0.3, 0.4) is 0 Å². The van der Waals surface area contributed by atoms with Gasteiger partial charge in [0.15, 0.2) is 5.82 Å². The molecule has 1 aliphatic carbocycles. The molecule has 0 bridgehead atoms. The SMILES string of the molecule is Cc1nc(Cl)nc(NC2CCc3ccccc3C2)c1N. The maximum atomic E-state index is 6.02. The van der Waals surface area contributed by atoms with Gasteiger partial charge in [0.05, 0.1) is 11.4 Å². The zero-order valence-corrected chi connectivity index (χ0v) is 12.1. The minimum Gasteiger partial charge on any atom is -0.394 e. The quantitative estimate of drug-likeness (QED) is 0.834. The number of fused-ring (bicyclic) bond motifs is 1. The van der Waals surface area contributed by atoms with E-state index in [9.17, 15) is 0 Å². The second-order valence-electron chi connectivity index (χ2n) is 5.19. The molecule has 5 heteroatoms. The number of nitrogens with zero attached hydrogens (tertiary/aromatic N) is 2. The van der Waals surface area contributed by atoms with E-state index in [2.05, 4.69) is 39.6 Å². The van der Waals surface area contributed by atoms with Crippen LogP contribution in [0.25, 0.3) is 0 Å². The number of rotatable bonds is 2. The lowest BCUT2D eigenvalue weighted by Crippen LogP contribution is -2.28. The van der Waals surface area contributed by atoms with E-state index >= 15 is 0 Å². The van der Waals surface area contributed by atoms with Crippen molar-refractivity contribution in [3.8, 4) is 0 Å². The summed E-state index contributed by atoms with van der Waals surface area (Å²) in [6.07, 6.45) is 3.12. The van der Waals surface area contributed by atoms with Crippen molar-refractivity contribution < 1.29 is 0 Å². The summed E-state index contributed by atoms with van der Waals surface area (Å²) in [5, 5.41) is 3.64. The maximum Gasteiger partial charge on any atom is 0.224 e. The van der Waals surface area contributed by atoms with Crippen LogP contribution >= 0.6 is 11.6 Å². The Labute approximate surface area is 123 Å². The Bertz CT molecular complexity index is 642. The first kappa shape index (κ1) is 13.2. The summed E-state index contributed by atoms with van der Waals surface area (Å²) in [5.74, 6) is 0.645. The predicted molar refractivity (Wildman–Crippen MR) is 82.1 cm³/mol. The number of aryl methyl sites for hydroxylation is 2. The fourth-order valence-corrected chi connectivity index (χ4v) is 2.88. The van der Waals surface area contributed by atoms with Crippen LogP contribution in [-0.2, 0) is 12.8 Å². The minimum absolute atomic E-state index is 0.232. The fourth-order valence-electron chi connectivity index (χ4n) is 2.67. The highest BCUT2D eigenvalue weighted by Gasteiger charge is 2.20. The molecule has 1 heterocycles. The standard InChI is InChI=1S/C15H17ClN4/c1-9-13(17)14(20-15(16)18-9)19-12-7-6-10-4-2-3-5-11(10)8-12/h2-5,12H,6-8,17H2,1H3,(H,18,19,20). The Morgan fingerprint density at radius 3 is 2.80 bits per heavy atom. The number of hydrogen-bond donors (Lipinski definition) is 2. The molecule has 0 radical (unpaired) electrons. The van der Waals surface area contributed by atoms with Crippen LogP contribution in [0.4, 0.5) is 11.5 Å². The van der Waals surface area contributed by atoms with Gasteiger partial charge in [-0.2, -0.15) is 4.98 Å². The molecule has 1 aromatic heterocycles. The molecule has 3 N–H and O–H groups in total. The molecule has 1 aliphatic rings. The molecule has 0 aliphatic heterocycles. The van der Waals surface area contributed by atoms with E-state index in [1.165, 1.54) is 11.1 Å². The Morgan fingerprint density at radius 2 is 2.00 bits per heavy atom. The van der Waals surface area contributed by atoms with Crippen molar-refractivity contribution in [2.75, 3.05) is 11.1 Å². The van der Waals surface area contributed by atoms with E-state index in [-0.39, 0.29) is 5.28 Å². The Balaban J connectivity index is 1.80. The van der Waals surface area contributed by atoms with Crippen molar-refractivity contribution in [1.29, 1.82) is 0 Å². The van der Waals surface area contributed by atoms with Gasteiger partial charge >= 0.3 is 0 Å². The lowest BCUT2D eigenvalue weighted by Gasteiger charge is -2.26. The zero-order valence-electron chi connectivity index (χ0n) is 11.4. The van der Waals surface area contributed by atoms with Crippen molar-refractivity contribution in [1.82, 2.24) is 9.97 Å². The van der Waals surface area contributed by atoms with Gasteiger partial charge in [0.2, 0.25) is 5.28 Å². The Kier molecular flexibility index (Phi) is 3.49. The molecule has 1 unspecified atom stereocenters. The average molecular weight is 289 g/mol. The summed E-state index contributed by atoms with van der Waals surface area (Å²) in [6.45, 7) is 1.84. The first-order valence-corrected chi connectivity index (χ1v) is 7.14. The van der Waals surface area contributed by atoms with Gasteiger partial charge < -0.3 is 11.1 Å². The van der Waals surface area contributed by atoms with E-state index in [1.54, 1.807) is 0 Å². The largest absolute Gasteiger partial charge is 0.394 e. The summed E-state index contributed by atoms with van der Waals surface area (Å²) in [4.78, 5) is 8.25. The van der Waals surface area contributed by atoms with Gasteiger partial charge in [-0.1, -0.05) is 24.3 Å². The highest BCUT2D eigenvalue weighted by Crippen LogP contribution is 2.26. The first-order chi connectivity index (χ1) is 9.63.